The number of carbonyl (C=O) groups is 1. The Morgan fingerprint density at radius 3 is 3.09 bits per heavy atom. The van der Waals surface area contributed by atoms with Crippen molar-refractivity contribution in [2.75, 3.05) is 12.4 Å². The summed E-state index contributed by atoms with van der Waals surface area (Å²) in [6.07, 6.45) is 0.762. The van der Waals surface area contributed by atoms with Crippen LogP contribution >= 0.6 is 22.7 Å². The molecule has 0 spiro atoms. The second-order valence-electron chi connectivity index (χ2n) is 4.40. The molecule has 0 saturated heterocycles. The average molecular weight is 335 g/mol. The Labute approximate surface area is 134 Å². The summed E-state index contributed by atoms with van der Waals surface area (Å²) in [5.74, 6) is 0.920. The molecule has 3 heterocycles. The van der Waals surface area contributed by atoms with Crippen molar-refractivity contribution in [3.63, 3.8) is 0 Å². The number of aryl methyl sites for hydroxylation is 1. The zero-order valence-corrected chi connectivity index (χ0v) is 13.4. The van der Waals surface area contributed by atoms with E-state index in [-0.39, 0.29) is 5.91 Å². The molecule has 3 aromatic heterocycles. The monoisotopic (exact) mass is 335 g/mol. The third-order valence-corrected chi connectivity index (χ3v) is 4.52. The molecule has 3 rings (SSSR count). The number of aromatic nitrogens is 2. The molecule has 1 amide bonds. The summed E-state index contributed by atoms with van der Waals surface area (Å²) in [7, 11) is 1.52. The van der Waals surface area contributed by atoms with Gasteiger partial charge in [0.25, 0.3) is 5.88 Å². The van der Waals surface area contributed by atoms with Crippen LogP contribution in [0.4, 0.5) is 5.13 Å². The molecule has 0 radical (unpaired) electrons. The maximum Gasteiger partial charge on any atom is 0.254 e. The fourth-order valence-corrected chi connectivity index (χ4v) is 3.28. The highest BCUT2D eigenvalue weighted by Gasteiger charge is 2.11. The number of hydrogen-bond donors (Lipinski definition) is 1. The second kappa shape index (κ2) is 6.71. The summed E-state index contributed by atoms with van der Waals surface area (Å²) in [5, 5.41) is 11.0. The summed E-state index contributed by atoms with van der Waals surface area (Å²) in [6, 6.07) is 5.65. The number of anilines is 1. The Bertz CT molecular complexity index is 749. The van der Waals surface area contributed by atoms with Crippen LogP contribution in [0.5, 0.6) is 5.88 Å². The third-order valence-electron chi connectivity index (χ3n) is 2.87. The van der Waals surface area contributed by atoms with Gasteiger partial charge in [-0.15, -0.1) is 22.7 Å². The summed E-state index contributed by atoms with van der Waals surface area (Å²) in [6.45, 7) is 0. The van der Waals surface area contributed by atoms with Crippen molar-refractivity contribution in [2.24, 2.45) is 0 Å². The van der Waals surface area contributed by atoms with Gasteiger partial charge in [0, 0.05) is 24.3 Å². The number of thiophene rings is 1. The molecule has 6 nitrogen and oxygen atoms in total. The van der Waals surface area contributed by atoms with Crippen LogP contribution in [-0.2, 0) is 11.2 Å². The van der Waals surface area contributed by atoms with Gasteiger partial charge in [-0.05, 0) is 16.6 Å². The van der Waals surface area contributed by atoms with E-state index in [1.54, 1.807) is 17.4 Å². The van der Waals surface area contributed by atoms with E-state index in [0.717, 1.165) is 10.6 Å². The first kappa shape index (κ1) is 14.7. The molecular formula is C14H13N3O3S2. The van der Waals surface area contributed by atoms with Crippen LogP contribution in [0.1, 0.15) is 12.2 Å². The smallest absolute Gasteiger partial charge is 0.254 e. The summed E-state index contributed by atoms with van der Waals surface area (Å²) in [4.78, 5) is 17.4. The fourth-order valence-electron chi connectivity index (χ4n) is 1.80. The predicted octanol–water partition coefficient (Wildman–Crippen LogP) is 3.44. The van der Waals surface area contributed by atoms with E-state index in [1.165, 1.54) is 18.4 Å². The van der Waals surface area contributed by atoms with Crippen LogP contribution in [0.25, 0.3) is 10.6 Å². The lowest BCUT2D eigenvalue weighted by molar-refractivity contribution is -0.116. The molecule has 0 aromatic carbocycles. The van der Waals surface area contributed by atoms with Crippen LogP contribution < -0.4 is 10.1 Å². The van der Waals surface area contributed by atoms with E-state index in [2.05, 4.69) is 15.5 Å². The van der Waals surface area contributed by atoms with Gasteiger partial charge in [-0.3, -0.25) is 4.79 Å². The maximum absolute atomic E-state index is 11.9. The van der Waals surface area contributed by atoms with E-state index >= 15 is 0 Å². The first-order valence-electron chi connectivity index (χ1n) is 6.53. The van der Waals surface area contributed by atoms with Crippen molar-refractivity contribution in [3.8, 4) is 16.5 Å². The van der Waals surface area contributed by atoms with E-state index < -0.39 is 0 Å². The molecule has 114 valence electrons. The second-order valence-corrected chi connectivity index (χ2v) is 6.20. The minimum atomic E-state index is -0.109. The van der Waals surface area contributed by atoms with Gasteiger partial charge in [-0.2, -0.15) is 0 Å². The number of nitrogens with one attached hydrogen (secondary N) is 1. The van der Waals surface area contributed by atoms with E-state index in [1.807, 2.05) is 22.9 Å². The Balaban J connectivity index is 1.53. The van der Waals surface area contributed by atoms with Crippen molar-refractivity contribution in [3.05, 3.63) is 34.7 Å². The van der Waals surface area contributed by atoms with Crippen LogP contribution in [-0.4, -0.2) is 23.2 Å². The molecule has 0 aliphatic rings. The quantitative estimate of drug-likeness (QED) is 0.746. The SMILES string of the molecule is COc1cc(CCC(=O)Nc2nc(-c3cccs3)cs2)on1. The first-order valence-corrected chi connectivity index (χ1v) is 8.29. The highest BCUT2D eigenvalue weighted by Crippen LogP contribution is 2.28. The van der Waals surface area contributed by atoms with Crippen molar-refractivity contribution >= 4 is 33.7 Å². The van der Waals surface area contributed by atoms with Crippen molar-refractivity contribution in [2.45, 2.75) is 12.8 Å². The number of thiazole rings is 1. The van der Waals surface area contributed by atoms with Crippen LogP contribution in [0.15, 0.2) is 33.5 Å². The average Bonchev–Trinajstić information content (AvgIpc) is 3.25. The standard InChI is InChI=1S/C14H13N3O3S2/c1-19-13-7-9(20-17-13)4-5-12(18)16-14-15-10(8-22-14)11-3-2-6-21-11/h2-3,6-8H,4-5H2,1H3,(H,15,16,18). The lowest BCUT2D eigenvalue weighted by Crippen LogP contribution is -2.11. The molecule has 8 heteroatoms. The summed E-state index contributed by atoms with van der Waals surface area (Å²) in [5.41, 5.74) is 0.885. The molecule has 0 atom stereocenters. The zero-order valence-electron chi connectivity index (χ0n) is 11.7. The lowest BCUT2D eigenvalue weighted by atomic mass is 10.2. The van der Waals surface area contributed by atoms with Crippen LogP contribution in [0.2, 0.25) is 0 Å². The topological polar surface area (TPSA) is 77.2 Å². The number of nitrogens with zero attached hydrogens (tertiary/aromatic N) is 2. The van der Waals surface area contributed by atoms with E-state index in [9.17, 15) is 4.79 Å². The molecule has 0 aliphatic heterocycles. The predicted molar refractivity (Wildman–Crippen MR) is 85.4 cm³/mol. The van der Waals surface area contributed by atoms with Gasteiger partial charge in [0.05, 0.1) is 17.7 Å². The first-order chi connectivity index (χ1) is 10.7. The van der Waals surface area contributed by atoms with Gasteiger partial charge >= 0.3 is 0 Å². The van der Waals surface area contributed by atoms with Crippen molar-refractivity contribution in [1.29, 1.82) is 0 Å². The molecule has 0 aliphatic carbocycles. The van der Waals surface area contributed by atoms with Crippen molar-refractivity contribution < 1.29 is 14.1 Å². The Morgan fingerprint density at radius 2 is 2.36 bits per heavy atom. The van der Waals surface area contributed by atoms with Gasteiger partial charge in [0.2, 0.25) is 5.91 Å². The number of ether oxygens (including phenoxy) is 1. The molecule has 0 saturated carbocycles. The molecule has 22 heavy (non-hydrogen) atoms. The molecule has 1 N–H and O–H groups in total. The number of carbonyl (C=O) groups excluding carboxylic acids is 1. The minimum absolute atomic E-state index is 0.109. The number of amides is 1. The van der Waals surface area contributed by atoms with Gasteiger partial charge in [-0.1, -0.05) is 6.07 Å². The van der Waals surface area contributed by atoms with E-state index in [4.69, 9.17) is 9.26 Å². The summed E-state index contributed by atoms with van der Waals surface area (Å²) < 4.78 is 9.97. The van der Waals surface area contributed by atoms with Crippen LogP contribution in [0.3, 0.4) is 0 Å². The minimum Gasteiger partial charge on any atom is -0.479 e. The molecular weight excluding hydrogens is 322 g/mol. The molecule has 0 fully saturated rings. The molecule has 3 aromatic rings. The molecule has 0 bridgehead atoms. The number of methoxy groups -OCH3 is 1. The largest absolute Gasteiger partial charge is 0.479 e. The van der Waals surface area contributed by atoms with Crippen molar-refractivity contribution in [1.82, 2.24) is 10.1 Å². The van der Waals surface area contributed by atoms with E-state index in [0.29, 0.717) is 29.6 Å². The highest BCUT2D eigenvalue weighted by molar-refractivity contribution is 7.16. The van der Waals surface area contributed by atoms with Gasteiger partial charge in [-0.25, -0.2) is 4.98 Å². The molecule has 0 unspecified atom stereocenters. The maximum atomic E-state index is 11.9. The lowest BCUT2D eigenvalue weighted by Gasteiger charge is -1.99. The Hall–Kier alpha value is -2.19. The Morgan fingerprint density at radius 1 is 1.45 bits per heavy atom. The zero-order chi connectivity index (χ0) is 15.4. The highest BCUT2D eigenvalue weighted by atomic mass is 32.1. The third kappa shape index (κ3) is 3.52. The number of rotatable bonds is 6. The Kier molecular flexibility index (Phi) is 4.50. The van der Waals surface area contributed by atoms with Gasteiger partial charge in [0.15, 0.2) is 5.13 Å². The van der Waals surface area contributed by atoms with Gasteiger partial charge < -0.3 is 14.6 Å². The van der Waals surface area contributed by atoms with Crippen LogP contribution in [0, 0.1) is 0 Å². The number of hydrogen-bond acceptors (Lipinski definition) is 7. The fraction of sp³-hybridized carbons (Fsp3) is 0.214. The van der Waals surface area contributed by atoms with Gasteiger partial charge in [0.1, 0.15) is 5.76 Å². The summed E-state index contributed by atoms with van der Waals surface area (Å²) >= 11 is 3.03. The normalized spacial score (nSPS) is 10.6.